The second-order valence-electron chi connectivity index (χ2n) is 3.72. The Morgan fingerprint density at radius 2 is 2.24 bits per heavy atom. The summed E-state index contributed by atoms with van der Waals surface area (Å²) >= 11 is 1.51. The Kier molecular flexibility index (Phi) is 3.81. The first kappa shape index (κ1) is 12.1. The van der Waals surface area contributed by atoms with Gasteiger partial charge in [-0.1, -0.05) is 17.8 Å². The van der Waals surface area contributed by atoms with Crippen molar-refractivity contribution in [2.24, 2.45) is 5.73 Å². The van der Waals surface area contributed by atoms with Crippen molar-refractivity contribution in [3.05, 3.63) is 41.5 Å². The fourth-order valence-electron chi connectivity index (χ4n) is 1.41. The van der Waals surface area contributed by atoms with Gasteiger partial charge in [0.2, 0.25) is 0 Å². The van der Waals surface area contributed by atoms with Gasteiger partial charge in [0.25, 0.3) is 5.22 Å². The van der Waals surface area contributed by atoms with Gasteiger partial charge in [-0.2, -0.15) is 0 Å². The molecule has 1 atom stereocenters. The summed E-state index contributed by atoms with van der Waals surface area (Å²) in [7, 11) is 0. The summed E-state index contributed by atoms with van der Waals surface area (Å²) in [6, 6.07) is 5.81. The van der Waals surface area contributed by atoms with E-state index >= 15 is 0 Å². The molecule has 90 valence electrons. The predicted octanol–water partition coefficient (Wildman–Crippen LogP) is 2.48. The number of hydrogen-bond acceptors (Lipinski definition) is 5. The summed E-state index contributed by atoms with van der Waals surface area (Å²) < 4.78 is 5.54. The molecule has 0 aliphatic heterocycles. The van der Waals surface area contributed by atoms with Gasteiger partial charge in [0.1, 0.15) is 5.76 Å². The maximum Gasteiger partial charge on any atom is 0.256 e. The van der Waals surface area contributed by atoms with Gasteiger partial charge < -0.3 is 10.2 Å². The van der Waals surface area contributed by atoms with E-state index in [4.69, 9.17) is 10.2 Å². The zero-order valence-corrected chi connectivity index (χ0v) is 10.7. The first-order valence-corrected chi connectivity index (χ1v) is 6.30. The maximum absolute atomic E-state index is 5.77. The molecule has 0 saturated heterocycles. The molecule has 0 aromatic carbocycles. The van der Waals surface area contributed by atoms with E-state index in [1.54, 1.807) is 6.20 Å². The highest BCUT2D eigenvalue weighted by atomic mass is 32.2. The summed E-state index contributed by atoms with van der Waals surface area (Å²) in [6.45, 7) is 4.34. The monoisotopic (exact) mass is 249 g/mol. The Hall–Kier alpha value is -1.33. The van der Waals surface area contributed by atoms with Gasteiger partial charge in [-0.05, 0) is 26.0 Å². The number of nitrogens with two attached hydrogens (primary N) is 1. The first-order valence-electron chi connectivity index (χ1n) is 5.42. The lowest BCUT2D eigenvalue weighted by Gasteiger charge is -2.10. The van der Waals surface area contributed by atoms with E-state index in [9.17, 15) is 0 Å². The average molecular weight is 249 g/mol. The Morgan fingerprint density at radius 3 is 2.76 bits per heavy atom. The largest absolute Gasteiger partial charge is 0.437 e. The van der Waals surface area contributed by atoms with Gasteiger partial charge >= 0.3 is 0 Å². The highest BCUT2D eigenvalue weighted by Gasteiger charge is 2.16. The number of thioether (sulfide) groups is 1. The number of aromatic nitrogens is 2. The Bertz CT molecular complexity index is 464. The van der Waals surface area contributed by atoms with E-state index in [2.05, 4.69) is 9.97 Å². The van der Waals surface area contributed by atoms with Crippen LogP contribution in [0.2, 0.25) is 0 Å². The molecule has 2 rings (SSSR count). The number of oxazole rings is 1. The van der Waals surface area contributed by atoms with E-state index in [1.807, 2.05) is 32.0 Å². The third-order valence-electron chi connectivity index (χ3n) is 2.48. The molecule has 2 heterocycles. The van der Waals surface area contributed by atoms with Gasteiger partial charge in [-0.3, -0.25) is 4.98 Å². The van der Waals surface area contributed by atoms with Crippen LogP contribution >= 0.6 is 11.8 Å². The van der Waals surface area contributed by atoms with Crippen LogP contribution < -0.4 is 5.73 Å². The molecule has 0 aliphatic carbocycles. The molecule has 17 heavy (non-hydrogen) atoms. The molecule has 0 saturated carbocycles. The summed E-state index contributed by atoms with van der Waals surface area (Å²) in [5.74, 6) is 0.851. The summed E-state index contributed by atoms with van der Waals surface area (Å²) in [5, 5.41) is 0.731. The van der Waals surface area contributed by atoms with Gasteiger partial charge in [0.05, 0.1) is 16.6 Å². The highest BCUT2D eigenvalue weighted by Crippen LogP contribution is 2.33. The van der Waals surface area contributed by atoms with Crippen molar-refractivity contribution in [2.45, 2.75) is 24.3 Å². The van der Waals surface area contributed by atoms with E-state index < -0.39 is 0 Å². The molecular formula is C12H15N3OS. The van der Waals surface area contributed by atoms with E-state index in [1.165, 1.54) is 11.8 Å². The van der Waals surface area contributed by atoms with Crippen LogP contribution in [0.4, 0.5) is 0 Å². The van der Waals surface area contributed by atoms with Crippen molar-refractivity contribution in [2.75, 3.05) is 6.54 Å². The molecule has 1 unspecified atom stereocenters. The second-order valence-corrected chi connectivity index (χ2v) is 4.87. The molecule has 0 bridgehead atoms. The normalized spacial score (nSPS) is 12.6. The van der Waals surface area contributed by atoms with Crippen LogP contribution in [0, 0.1) is 13.8 Å². The average Bonchev–Trinajstić information content (AvgIpc) is 2.67. The molecule has 2 N–H and O–H groups in total. The van der Waals surface area contributed by atoms with E-state index in [0.29, 0.717) is 11.8 Å². The predicted molar refractivity (Wildman–Crippen MR) is 67.9 cm³/mol. The fraction of sp³-hybridized carbons (Fsp3) is 0.333. The molecule has 2 aromatic rings. The fourth-order valence-corrected chi connectivity index (χ4v) is 2.37. The lowest BCUT2D eigenvalue weighted by Crippen LogP contribution is -2.10. The summed E-state index contributed by atoms with van der Waals surface area (Å²) in [6.07, 6.45) is 1.77. The Labute approximate surface area is 105 Å². The molecule has 0 spiro atoms. The van der Waals surface area contributed by atoms with Gasteiger partial charge in [-0.25, -0.2) is 4.98 Å². The third kappa shape index (κ3) is 2.87. The van der Waals surface area contributed by atoms with Crippen LogP contribution in [0.1, 0.15) is 22.4 Å². The number of aryl methyl sites for hydroxylation is 2. The maximum atomic E-state index is 5.77. The van der Waals surface area contributed by atoms with Crippen LogP contribution in [0.25, 0.3) is 0 Å². The van der Waals surface area contributed by atoms with Crippen molar-refractivity contribution in [1.82, 2.24) is 9.97 Å². The first-order chi connectivity index (χ1) is 8.20. The lowest BCUT2D eigenvalue weighted by molar-refractivity contribution is 0.430. The van der Waals surface area contributed by atoms with Crippen molar-refractivity contribution in [1.29, 1.82) is 0 Å². The highest BCUT2D eigenvalue weighted by molar-refractivity contribution is 7.99. The minimum Gasteiger partial charge on any atom is -0.437 e. The molecule has 0 amide bonds. The summed E-state index contributed by atoms with van der Waals surface area (Å²) in [5.41, 5.74) is 7.64. The molecule has 5 heteroatoms. The SMILES string of the molecule is Cc1nc(SC(CN)c2ccccn2)oc1C. The minimum atomic E-state index is 0.0775. The number of nitrogens with zero attached hydrogens (tertiary/aromatic N) is 2. The van der Waals surface area contributed by atoms with Crippen molar-refractivity contribution >= 4 is 11.8 Å². The van der Waals surface area contributed by atoms with E-state index in [0.717, 1.165) is 17.1 Å². The molecule has 0 radical (unpaired) electrons. The molecule has 0 fully saturated rings. The third-order valence-corrected chi connectivity index (χ3v) is 3.58. The van der Waals surface area contributed by atoms with E-state index in [-0.39, 0.29) is 5.25 Å². The van der Waals surface area contributed by atoms with Crippen molar-refractivity contribution < 1.29 is 4.42 Å². The number of rotatable bonds is 4. The standard InChI is InChI=1S/C12H15N3OS/c1-8-9(2)16-12(15-8)17-11(7-13)10-5-3-4-6-14-10/h3-6,11H,7,13H2,1-2H3. The van der Waals surface area contributed by atoms with Gasteiger partial charge in [-0.15, -0.1) is 0 Å². The Balaban J connectivity index is 2.15. The number of pyridine rings is 1. The molecular weight excluding hydrogens is 234 g/mol. The molecule has 4 nitrogen and oxygen atoms in total. The topological polar surface area (TPSA) is 64.9 Å². The zero-order valence-electron chi connectivity index (χ0n) is 9.88. The minimum absolute atomic E-state index is 0.0775. The quantitative estimate of drug-likeness (QED) is 0.843. The van der Waals surface area contributed by atoms with Gasteiger partial charge in [0, 0.05) is 12.7 Å². The smallest absolute Gasteiger partial charge is 0.256 e. The van der Waals surface area contributed by atoms with Crippen molar-refractivity contribution in [3.8, 4) is 0 Å². The van der Waals surface area contributed by atoms with Crippen LogP contribution in [0.5, 0.6) is 0 Å². The van der Waals surface area contributed by atoms with Crippen LogP contribution in [0.15, 0.2) is 34.0 Å². The van der Waals surface area contributed by atoms with Gasteiger partial charge in [0.15, 0.2) is 0 Å². The second kappa shape index (κ2) is 5.33. The Morgan fingerprint density at radius 1 is 1.41 bits per heavy atom. The number of hydrogen-bond donors (Lipinski definition) is 1. The van der Waals surface area contributed by atoms with Crippen LogP contribution in [0.3, 0.4) is 0 Å². The molecule has 0 aliphatic rings. The molecule has 2 aromatic heterocycles. The zero-order chi connectivity index (χ0) is 12.3. The lowest BCUT2D eigenvalue weighted by atomic mass is 10.3. The van der Waals surface area contributed by atoms with Crippen LogP contribution in [-0.4, -0.2) is 16.5 Å². The summed E-state index contributed by atoms with van der Waals surface area (Å²) in [4.78, 5) is 8.64. The van der Waals surface area contributed by atoms with Crippen LogP contribution in [-0.2, 0) is 0 Å². The van der Waals surface area contributed by atoms with Crippen molar-refractivity contribution in [3.63, 3.8) is 0 Å².